The number of hydrogen-bond acceptors (Lipinski definition) is 0. The van der Waals surface area contributed by atoms with Gasteiger partial charge in [0.15, 0.2) is 0 Å². The van der Waals surface area contributed by atoms with Crippen LogP contribution in [0.3, 0.4) is 0 Å². The Labute approximate surface area is 128 Å². The molecule has 1 nitrogen and oxygen atoms in total. The molecule has 0 radical (unpaired) electrons. The number of aromatic nitrogens is 1. The molecule has 3 aliphatic rings. The van der Waals surface area contributed by atoms with Crippen molar-refractivity contribution in [1.82, 2.24) is 4.98 Å². The summed E-state index contributed by atoms with van der Waals surface area (Å²) in [7, 11) is 0. The monoisotopic (exact) mass is 281 g/mol. The molecule has 1 heteroatoms. The molecule has 6 rings (SSSR count). The Morgan fingerprint density at radius 2 is 1.91 bits per heavy atom. The maximum absolute atomic E-state index is 3.73. The second kappa shape index (κ2) is 3.44. The Bertz CT molecular complexity index is 1050. The largest absolute Gasteiger partial charge is 0.358 e. The second-order valence-electron chi connectivity index (χ2n) is 6.74. The quantitative estimate of drug-likeness (QED) is 0.585. The third-order valence-corrected chi connectivity index (χ3v) is 5.79. The Morgan fingerprint density at radius 1 is 0.955 bits per heavy atom. The maximum Gasteiger partial charge on any atom is 0.0468 e. The fourth-order valence-electron chi connectivity index (χ4n) is 4.71. The highest BCUT2D eigenvalue weighted by molar-refractivity contribution is 6.11. The molecule has 3 unspecified atom stereocenters. The van der Waals surface area contributed by atoms with Gasteiger partial charge in [-0.05, 0) is 22.8 Å². The predicted octanol–water partition coefficient (Wildman–Crippen LogP) is 5.17. The van der Waals surface area contributed by atoms with Gasteiger partial charge in [0, 0.05) is 33.5 Å². The molecule has 3 aromatic rings. The summed E-state index contributed by atoms with van der Waals surface area (Å²) in [6.07, 6.45) is 13.9. The Kier molecular flexibility index (Phi) is 1.73. The van der Waals surface area contributed by atoms with Crippen molar-refractivity contribution in [3.8, 4) is 0 Å². The fraction of sp³-hybridized carbons (Fsp3) is 0.143. The van der Waals surface area contributed by atoms with Crippen molar-refractivity contribution in [1.29, 1.82) is 0 Å². The molecule has 0 bridgehead atoms. The van der Waals surface area contributed by atoms with Gasteiger partial charge >= 0.3 is 0 Å². The summed E-state index contributed by atoms with van der Waals surface area (Å²) >= 11 is 0. The van der Waals surface area contributed by atoms with Crippen molar-refractivity contribution >= 4 is 27.8 Å². The van der Waals surface area contributed by atoms with Crippen LogP contribution in [0.15, 0.2) is 66.8 Å². The molecule has 104 valence electrons. The third kappa shape index (κ3) is 1.10. The van der Waals surface area contributed by atoms with E-state index in [2.05, 4.69) is 77.8 Å². The zero-order chi connectivity index (χ0) is 14.3. The van der Waals surface area contributed by atoms with Gasteiger partial charge in [-0.3, -0.25) is 0 Å². The third-order valence-electron chi connectivity index (χ3n) is 5.79. The standard InChI is InChI=1S/C21H15N/c1-2-6-14-13(5-1)8-9-17-18(14)15-10-12-21-11-4-3-7-16(21)19(21)20(15)22-17/h1-12,16,19,22H. The number of aromatic amines is 1. The number of benzene rings is 2. The summed E-state index contributed by atoms with van der Waals surface area (Å²) in [5.74, 6) is 1.22. The van der Waals surface area contributed by atoms with Crippen LogP contribution in [0.1, 0.15) is 17.2 Å². The van der Waals surface area contributed by atoms with E-state index < -0.39 is 0 Å². The minimum absolute atomic E-state index is 0.248. The molecule has 1 fully saturated rings. The lowest BCUT2D eigenvalue weighted by Gasteiger charge is -2.13. The maximum atomic E-state index is 3.73. The van der Waals surface area contributed by atoms with E-state index in [1.165, 1.54) is 32.9 Å². The molecule has 0 aliphatic heterocycles. The highest BCUT2D eigenvalue weighted by Gasteiger charge is 2.63. The van der Waals surface area contributed by atoms with Crippen LogP contribution >= 0.6 is 0 Å². The first kappa shape index (κ1) is 11.1. The molecule has 0 saturated heterocycles. The predicted molar refractivity (Wildman–Crippen MR) is 91.8 cm³/mol. The number of rotatable bonds is 0. The van der Waals surface area contributed by atoms with Crippen molar-refractivity contribution in [2.75, 3.05) is 0 Å². The fourth-order valence-corrected chi connectivity index (χ4v) is 4.71. The van der Waals surface area contributed by atoms with Crippen molar-refractivity contribution in [3.63, 3.8) is 0 Å². The number of H-pyrrole nitrogens is 1. The summed E-state index contributed by atoms with van der Waals surface area (Å²) in [6.45, 7) is 0. The van der Waals surface area contributed by atoms with E-state index in [1.807, 2.05) is 0 Å². The molecule has 22 heavy (non-hydrogen) atoms. The van der Waals surface area contributed by atoms with E-state index in [4.69, 9.17) is 0 Å². The van der Waals surface area contributed by atoms with Crippen molar-refractivity contribution in [2.45, 2.75) is 5.92 Å². The SMILES string of the molecule is C1=CC2C3c4[nH]c5ccc6ccccc6c5c4C=CC23C=C1. The molecule has 1 aromatic heterocycles. The van der Waals surface area contributed by atoms with Gasteiger partial charge in [0.2, 0.25) is 0 Å². The number of hydrogen-bond donors (Lipinski definition) is 1. The normalized spacial score (nSPS) is 30.4. The Balaban J connectivity index is 1.71. The van der Waals surface area contributed by atoms with Gasteiger partial charge < -0.3 is 4.98 Å². The molecule has 1 heterocycles. The molecule has 2 aromatic carbocycles. The number of nitrogens with one attached hydrogen (secondary N) is 1. The molecule has 1 N–H and O–H groups in total. The van der Waals surface area contributed by atoms with E-state index in [1.54, 1.807) is 0 Å². The van der Waals surface area contributed by atoms with Crippen molar-refractivity contribution in [3.05, 3.63) is 78.0 Å². The Morgan fingerprint density at radius 3 is 2.91 bits per heavy atom. The zero-order valence-electron chi connectivity index (χ0n) is 12.1. The average Bonchev–Trinajstić information content (AvgIpc) is 3.11. The average molecular weight is 281 g/mol. The molecule has 3 atom stereocenters. The van der Waals surface area contributed by atoms with E-state index in [-0.39, 0.29) is 5.41 Å². The van der Waals surface area contributed by atoms with Crippen LogP contribution in [-0.2, 0) is 0 Å². The van der Waals surface area contributed by atoms with Crippen LogP contribution in [-0.4, -0.2) is 4.98 Å². The van der Waals surface area contributed by atoms with Gasteiger partial charge in [0.1, 0.15) is 0 Å². The molecule has 3 aliphatic carbocycles. The molecule has 1 spiro atoms. The van der Waals surface area contributed by atoms with Crippen LogP contribution in [0.25, 0.3) is 27.8 Å². The highest BCUT2D eigenvalue weighted by atomic mass is 14.8. The molecule has 1 saturated carbocycles. The summed E-state index contributed by atoms with van der Waals surface area (Å²) in [5.41, 5.74) is 4.34. The smallest absolute Gasteiger partial charge is 0.0468 e. The number of allylic oxidation sites excluding steroid dienone is 5. The molecule has 0 amide bonds. The molecular weight excluding hydrogens is 266 g/mol. The minimum Gasteiger partial charge on any atom is -0.358 e. The first-order valence-corrected chi connectivity index (χ1v) is 7.97. The molecular formula is C21H15N. The van der Waals surface area contributed by atoms with Crippen LogP contribution in [0.4, 0.5) is 0 Å². The van der Waals surface area contributed by atoms with E-state index in [0.29, 0.717) is 11.8 Å². The first-order valence-electron chi connectivity index (χ1n) is 7.97. The number of fused-ring (bicyclic) bond motifs is 7. The van der Waals surface area contributed by atoms with Crippen LogP contribution in [0.5, 0.6) is 0 Å². The van der Waals surface area contributed by atoms with Gasteiger partial charge in [-0.25, -0.2) is 0 Å². The lowest BCUT2D eigenvalue weighted by Crippen LogP contribution is -2.02. The van der Waals surface area contributed by atoms with Gasteiger partial charge in [-0.1, -0.05) is 66.8 Å². The van der Waals surface area contributed by atoms with Crippen molar-refractivity contribution in [2.24, 2.45) is 11.3 Å². The van der Waals surface area contributed by atoms with Crippen LogP contribution < -0.4 is 0 Å². The van der Waals surface area contributed by atoms with Crippen LogP contribution in [0, 0.1) is 11.3 Å². The highest BCUT2D eigenvalue weighted by Crippen LogP contribution is 2.71. The van der Waals surface area contributed by atoms with Crippen molar-refractivity contribution < 1.29 is 0 Å². The summed E-state index contributed by atoms with van der Waals surface area (Å²) in [6, 6.07) is 13.1. The van der Waals surface area contributed by atoms with Gasteiger partial charge in [0.25, 0.3) is 0 Å². The van der Waals surface area contributed by atoms with E-state index in [9.17, 15) is 0 Å². The van der Waals surface area contributed by atoms with Gasteiger partial charge in [-0.2, -0.15) is 0 Å². The minimum atomic E-state index is 0.248. The van der Waals surface area contributed by atoms with Crippen LogP contribution in [0.2, 0.25) is 0 Å². The summed E-state index contributed by atoms with van der Waals surface area (Å²) < 4.78 is 0. The lowest BCUT2D eigenvalue weighted by molar-refractivity contribution is 0.760. The topological polar surface area (TPSA) is 15.8 Å². The Hall–Kier alpha value is -2.54. The lowest BCUT2D eigenvalue weighted by atomic mass is 9.90. The summed E-state index contributed by atoms with van der Waals surface area (Å²) in [4.78, 5) is 3.73. The van der Waals surface area contributed by atoms with Gasteiger partial charge in [-0.15, -0.1) is 0 Å². The second-order valence-corrected chi connectivity index (χ2v) is 6.74. The van der Waals surface area contributed by atoms with E-state index in [0.717, 1.165) is 0 Å². The van der Waals surface area contributed by atoms with Gasteiger partial charge in [0.05, 0.1) is 0 Å². The van der Waals surface area contributed by atoms with E-state index >= 15 is 0 Å². The zero-order valence-corrected chi connectivity index (χ0v) is 12.1. The summed E-state index contributed by atoms with van der Waals surface area (Å²) in [5, 5.41) is 4.06. The first-order chi connectivity index (χ1) is 10.9.